The summed E-state index contributed by atoms with van der Waals surface area (Å²) >= 11 is 0. The first kappa shape index (κ1) is 19.0. The molecule has 0 saturated carbocycles. The molecular weight excluding hydrogens is 368 g/mol. The first-order valence-electron chi connectivity index (χ1n) is 9.59. The van der Waals surface area contributed by atoms with E-state index >= 15 is 0 Å². The van der Waals surface area contributed by atoms with Gasteiger partial charge in [0.15, 0.2) is 5.82 Å². The number of hydrogen-bond donors (Lipinski definition) is 0. The number of carbonyl (C=O) groups is 1. The maximum atomic E-state index is 13.0. The van der Waals surface area contributed by atoms with Crippen LogP contribution in [0, 0.1) is 6.92 Å². The number of para-hydroxylation sites is 2. The molecule has 29 heavy (non-hydrogen) atoms. The first-order chi connectivity index (χ1) is 14.1. The number of benzene rings is 2. The highest BCUT2D eigenvalue weighted by Crippen LogP contribution is 2.25. The van der Waals surface area contributed by atoms with Crippen molar-refractivity contribution >= 4 is 22.8 Å². The average molecular weight is 392 g/mol. The minimum atomic E-state index is -0.0248. The van der Waals surface area contributed by atoms with Crippen LogP contribution in [0.2, 0.25) is 0 Å². The van der Waals surface area contributed by atoms with Crippen LogP contribution in [-0.2, 0) is 0 Å². The SMILES string of the molecule is COc1cc(OC)cc(C(=O)N2CCN(c3nc4ccccc4nc3C)CC2)c1. The molecular formula is C22H24N4O3. The quantitative estimate of drug-likeness (QED) is 0.680. The van der Waals surface area contributed by atoms with Crippen LogP contribution in [0.5, 0.6) is 11.5 Å². The zero-order valence-electron chi connectivity index (χ0n) is 16.9. The number of carbonyl (C=O) groups excluding carboxylic acids is 1. The van der Waals surface area contributed by atoms with Crippen molar-refractivity contribution in [1.82, 2.24) is 14.9 Å². The summed E-state index contributed by atoms with van der Waals surface area (Å²) in [5, 5.41) is 0. The van der Waals surface area contributed by atoms with Crippen LogP contribution < -0.4 is 14.4 Å². The fourth-order valence-corrected chi connectivity index (χ4v) is 3.61. The molecule has 4 rings (SSSR count). The first-order valence-corrected chi connectivity index (χ1v) is 9.59. The van der Waals surface area contributed by atoms with E-state index in [4.69, 9.17) is 14.5 Å². The molecule has 1 aromatic heterocycles. The van der Waals surface area contributed by atoms with Crippen molar-refractivity contribution in [3.05, 3.63) is 53.7 Å². The molecule has 2 heterocycles. The van der Waals surface area contributed by atoms with Gasteiger partial charge in [-0.05, 0) is 31.2 Å². The Kier molecular flexibility index (Phi) is 5.20. The van der Waals surface area contributed by atoms with Gasteiger partial charge in [-0.2, -0.15) is 0 Å². The van der Waals surface area contributed by atoms with E-state index in [0.717, 1.165) is 22.5 Å². The Balaban J connectivity index is 1.50. The maximum Gasteiger partial charge on any atom is 0.254 e. The van der Waals surface area contributed by atoms with Crippen LogP contribution in [0.1, 0.15) is 16.1 Å². The second kappa shape index (κ2) is 7.95. The molecule has 7 heteroatoms. The number of ether oxygens (including phenoxy) is 2. The molecule has 0 unspecified atom stereocenters. The summed E-state index contributed by atoms with van der Waals surface area (Å²) in [6.45, 7) is 4.63. The van der Waals surface area contributed by atoms with Crippen molar-refractivity contribution in [3.63, 3.8) is 0 Å². The van der Waals surface area contributed by atoms with E-state index in [1.165, 1.54) is 0 Å². The second-order valence-electron chi connectivity index (χ2n) is 7.00. The summed E-state index contributed by atoms with van der Waals surface area (Å²) in [5.74, 6) is 2.07. The number of aromatic nitrogens is 2. The van der Waals surface area contributed by atoms with Gasteiger partial charge in [0, 0.05) is 37.8 Å². The minimum absolute atomic E-state index is 0.0248. The van der Waals surface area contributed by atoms with Crippen molar-refractivity contribution in [1.29, 1.82) is 0 Å². The van der Waals surface area contributed by atoms with E-state index in [0.29, 0.717) is 43.2 Å². The topological polar surface area (TPSA) is 67.8 Å². The fourth-order valence-electron chi connectivity index (χ4n) is 3.61. The molecule has 0 radical (unpaired) electrons. The van der Waals surface area contributed by atoms with Crippen molar-refractivity contribution in [2.75, 3.05) is 45.3 Å². The van der Waals surface area contributed by atoms with Crippen LogP contribution in [0.15, 0.2) is 42.5 Å². The smallest absolute Gasteiger partial charge is 0.254 e. The van der Waals surface area contributed by atoms with Crippen LogP contribution in [0.4, 0.5) is 5.82 Å². The van der Waals surface area contributed by atoms with E-state index in [1.54, 1.807) is 32.4 Å². The number of aryl methyl sites for hydroxylation is 1. The molecule has 0 spiro atoms. The van der Waals surface area contributed by atoms with Crippen molar-refractivity contribution in [3.8, 4) is 11.5 Å². The summed E-state index contributed by atoms with van der Waals surface area (Å²) in [5.41, 5.74) is 3.25. The Morgan fingerprint density at radius 2 is 1.48 bits per heavy atom. The maximum absolute atomic E-state index is 13.0. The highest BCUT2D eigenvalue weighted by atomic mass is 16.5. The van der Waals surface area contributed by atoms with Crippen LogP contribution >= 0.6 is 0 Å². The Labute approximate surface area is 169 Å². The Bertz CT molecular complexity index is 1020. The van der Waals surface area contributed by atoms with Gasteiger partial charge < -0.3 is 19.3 Å². The third-order valence-electron chi connectivity index (χ3n) is 5.18. The van der Waals surface area contributed by atoms with Gasteiger partial charge in [0.1, 0.15) is 11.5 Å². The number of piperazine rings is 1. The fraction of sp³-hybridized carbons (Fsp3) is 0.318. The molecule has 1 fully saturated rings. The van der Waals surface area contributed by atoms with E-state index in [2.05, 4.69) is 9.88 Å². The predicted molar refractivity (Wildman–Crippen MR) is 112 cm³/mol. The van der Waals surface area contributed by atoms with Crippen LogP contribution in [0.3, 0.4) is 0 Å². The van der Waals surface area contributed by atoms with Gasteiger partial charge in [0.2, 0.25) is 0 Å². The highest BCUT2D eigenvalue weighted by Gasteiger charge is 2.25. The normalized spacial score (nSPS) is 14.2. The third kappa shape index (κ3) is 3.81. The lowest BCUT2D eigenvalue weighted by atomic mass is 10.1. The summed E-state index contributed by atoms with van der Waals surface area (Å²) in [6, 6.07) is 13.1. The molecule has 1 amide bonds. The number of nitrogens with zero attached hydrogens (tertiary/aromatic N) is 4. The van der Waals surface area contributed by atoms with E-state index in [9.17, 15) is 4.79 Å². The molecule has 0 bridgehead atoms. The molecule has 0 atom stereocenters. The molecule has 1 saturated heterocycles. The predicted octanol–water partition coefficient (Wildman–Crippen LogP) is 2.92. The van der Waals surface area contributed by atoms with Crippen LogP contribution in [-0.4, -0.2) is 61.2 Å². The van der Waals surface area contributed by atoms with E-state index in [1.807, 2.05) is 36.1 Å². The van der Waals surface area contributed by atoms with Crippen molar-refractivity contribution in [2.24, 2.45) is 0 Å². The van der Waals surface area contributed by atoms with Gasteiger partial charge in [-0.3, -0.25) is 4.79 Å². The van der Waals surface area contributed by atoms with E-state index in [-0.39, 0.29) is 5.91 Å². The van der Waals surface area contributed by atoms with Gasteiger partial charge in [0.25, 0.3) is 5.91 Å². The standard InChI is InChI=1S/C22H24N4O3/c1-15-21(24-20-7-5-4-6-19(20)23-15)25-8-10-26(11-9-25)22(27)16-12-17(28-2)14-18(13-16)29-3/h4-7,12-14H,8-11H2,1-3H3. The zero-order valence-corrected chi connectivity index (χ0v) is 16.9. The number of fused-ring (bicyclic) bond motifs is 1. The van der Waals surface area contributed by atoms with Crippen molar-refractivity contribution in [2.45, 2.75) is 6.92 Å². The van der Waals surface area contributed by atoms with Crippen LogP contribution in [0.25, 0.3) is 11.0 Å². The largest absolute Gasteiger partial charge is 0.497 e. The Morgan fingerprint density at radius 3 is 2.07 bits per heavy atom. The summed E-state index contributed by atoms with van der Waals surface area (Å²) < 4.78 is 10.6. The van der Waals surface area contributed by atoms with Gasteiger partial charge >= 0.3 is 0 Å². The van der Waals surface area contributed by atoms with Gasteiger partial charge in [-0.25, -0.2) is 9.97 Å². The molecule has 2 aromatic carbocycles. The number of methoxy groups -OCH3 is 2. The lowest BCUT2D eigenvalue weighted by molar-refractivity contribution is 0.0745. The summed E-state index contributed by atoms with van der Waals surface area (Å²) in [4.78, 5) is 26.5. The number of anilines is 1. The summed E-state index contributed by atoms with van der Waals surface area (Å²) in [6.07, 6.45) is 0. The van der Waals surface area contributed by atoms with Gasteiger partial charge in [-0.15, -0.1) is 0 Å². The molecule has 1 aliphatic rings. The molecule has 7 nitrogen and oxygen atoms in total. The highest BCUT2D eigenvalue weighted by molar-refractivity contribution is 5.95. The van der Waals surface area contributed by atoms with E-state index < -0.39 is 0 Å². The lowest BCUT2D eigenvalue weighted by Gasteiger charge is -2.36. The minimum Gasteiger partial charge on any atom is -0.497 e. The molecule has 3 aromatic rings. The number of hydrogen-bond acceptors (Lipinski definition) is 6. The second-order valence-corrected chi connectivity index (χ2v) is 7.00. The molecule has 0 aliphatic carbocycles. The lowest BCUT2D eigenvalue weighted by Crippen LogP contribution is -2.49. The monoisotopic (exact) mass is 392 g/mol. The molecule has 150 valence electrons. The third-order valence-corrected chi connectivity index (χ3v) is 5.18. The Morgan fingerprint density at radius 1 is 0.897 bits per heavy atom. The molecule has 0 N–H and O–H groups in total. The Hall–Kier alpha value is -3.35. The average Bonchev–Trinajstić information content (AvgIpc) is 2.77. The number of rotatable bonds is 4. The zero-order chi connectivity index (χ0) is 20.4. The number of amides is 1. The molecule has 1 aliphatic heterocycles. The van der Waals surface area contributed by atoms with Gasteiger partial charge in [-0.1, -0.05) is 12.1 Å². The van der Waals surface area contributed by atoms with Crippen molar-refractivity contribution < 1.29 is 14.3 Å². The summed E-state index contributed by atoms with van der Waals surface area (Å²) in [7, 11) is 3.16. The van der Waals surface area contributed by atoms with Gasteiger partial charge in [0.05, 0.1) is 30.9 Å².